The van der Waals surface area contributed by atoms with Crippen LogP contribution in [0, 0.1) is 4.77 Å². The van der Waals surface area contributed by atoms with Crippen molar-refractivity contribution in [2.45, 2.75) is 26.1 Å². The second-order valence-corrected chi connectivity index (χ2v) is 6.56. The van der Waals surface area contributed by atoms with Crippen LogP contribution in [0.5, 0.6) is 5.75 Å². The zero-order valence-corrected chi connectivity index (χ0v) is 15.5. The normalized spacial score (nSPS) is 12.0. The molecule has 0 aliphatic heterocycles. The van der Waals surface area contributed by atoms with Crippen molar-refractivity contribution in [3.8, 4) is 17.0 Å². The third kappa shape index (κ3) is 3.34. The molecule has 0 fully saturated rings. The Morgan fingerprint density at radius 3 is 2.52 bits per heavy atom. The van der Waals surface area contributed by atoms with E-state index in [1.165, 1.54) is 11.7 Å². The number of aromatic amines is 1. The molecule has 9 heteroatoms. The molecule has 1 aromatic carbocycles. The number of nitrogens with one attached hydrogen (secondary N) is 1. The van der Waals surface area contributed by atoms with E-state index in [0.29, 0.717) is 11.3 Å². The molecule has 1 N–H and O–H groups in total. The molecule has 0 radical (unpaired) electrons. The van der Waals surface area contributed by atoms with Crippen LogP contribution >= 0.6 is 12.2 Å². The first-order chi connectivity index (χ1) is 12.6. The van der Waals surface area contributed by atoms with Crippen LogP contribution in [0.25, 0.3) is 22.3 Å². The number of fused-ring (bicyclic) bond motifs is 1. The number of aromatic nitrogens is 3. The lowest BCUT2D eigenvalue weighted by Gasteiger charge is -2.18. The van der Waals surface area contributed by atoms with Gasteiger partial charge in [0, 0.05) is 11.6 Å². The number of hydrogen-bond acceptors (Lipinski definition) is 4. The van der Waals surface area contributed by atoms with Crippen molar-refractivity contribution in [3.05, 3.63) is 51.0 Å². The summed E-state index contributed by atoms with van der Waals surface area (Å²) in [5.41, 5.74) is -1.68. The highest BCUT2D eigenvalue weighted by Gasteiger charge is 2.36. The average Bonchev–Trinajstić information content (AvgIpc) is 2.59. The molecule has 0 unspecified atom stereocenters. The maximum atomic E-state index is 13.8. The van der Waals surface area contributed by atoms with E-state index in [9.17, 15) is 18.0 Å². The summed E-state index contributed by atoms with van der Waals surface area (Å²) >= 11 is 5.15. The molecule has 0 spiro atoms. The molecule has 2 aromatic heterocycles. The van der Waals surface area contributed by atoms with Crippen LogP contribution in [-0.4, -0.2) is 21.6 Å². The number of alkyl halides is 3. The summed E-state index contributed by atoms with van der Waals surface area (Å²) in [5, 5.41) is -0.538. The van der Waals surface area contributed by atoms with Gasteiger partial charge in [-0.15, -0.1) is 0 Å². The summed E-state index contributed by atoms with van der Waals surface area (Å²) in [6, 6.07) is 7.16. The van der Waals surface area contributed by atoms with Crippen LogP contribution in [0.4, 0.5) is 13.2 Å². The molecule has 27 heavy (non-hydrogen) atoms. The van der Waals surface area contributed by atoms with Gasteiger partial charge in [-0.25, -0.2) is 4.98 Å². The van der Waals surface area contributed by atoms with Crippen molar-refractivity contribution in [2.75, 3.05) is 7.11 Å². The van der Waals surface area contributed by atoms with Crippen LogP contribution in [0.3, 0.4) is 0 Å². The van der Waals surface area contributed by atoms with Gasteiger partial charge in [0.15, 0.2) is 4.77 Å². The molecule has 0 saturated carbocycles. The fourth-order valence-corrected chi connectivity index (χ4v) is 3.33. The Bertz CT molecular complexity index is 1130. The maximum Gasteiger partial charge on any atom is 0.417 e. The number of rotatable bonds is 3. The minimum atomic E-state index is -4.75. The molecule has 0 aliphatic rings. The topological polar surface area (TPSA) is 59.9 Å². The molecule has 0 aliphatic carbocycles. The van der Waals surface area contributed by atoms with Crippen molar-refractivity contribution in [2.24, 2.45) is 0 Å². The van der Waals surface area contributed by atoms with Gasteiger partial charge >= 0.3 is 6.18 Å². The Hall–Kier alpha value is -2.68. The van der Waals surface area contributed by atoms with E-state index in [4.69, 9.17) is 17.0 Å². The zero-order valence-electron chi connectivity index (χ0n) is 14.7. The van der Waals surface area contributed by atoms with E-state index in [0.717, 1.165) is 6.07 Å². The van der Waals surface area contributed by atoms with Gasteiger partial charge in [0.25, 0.3) is 5.56 Å². The predicted molar refractivity (Wildman–Crippen MR) is 98.6 cm³/mol. The van der Waals surface area contributed by atoms with Crippen LogP contribution in [-0.2, 0) is 6.18 Å². The lowest BCUT2D eigenvalue weighted by Crippen LogP contribution is -2.21. The monoisotopic (exact) mass is 395 g/mol. The Morgan fingerprint density at radius 1 is 1.26 bits per heavy atom. The molecule has 0 atom stereocenters. The van der Waals surface area contributed by atoms with E-state index in [1.54, 1.807) is 38.1 Å². The Kier molecular flexibility index (Phi) is 4.81. The molecule has 5 nitrogen and oxygen atoms in total. The quantitative estimate of drug-likeness (QED) is 0.652. The molecule has 0 saturated heterocycles. The fraction of sp³-hybridized carbons (Fsp3) is 0.278. The first kappa shape index (κ1) is 19.1. The Labute approximate surface area is 157 Å². The number of halogens is 3. The number of nitrogens with zero attached hydrogens (tertiary/aromatic N) is 2. The lowest BCUT2D eigenvalue weighted by atomic mass is 10.0. The summed E-state index contributed by atoms with van der Waals surface area (Å²) in [7, 11) is 1.42. The van der Waals surface area contributed by atoms with Crippen LogP contribution in [0.2, 0.25) is 0 Å². The van der Waals surface area contributed by atoms with E-state index >= 15 is 0 Å². The third-order valence-electron chi connectivity index (χ3n) is 4.10. The Balaban J connectivity index is 2.54. The molecular formula is C18H16F3N3O2S. The largest absolute Gasteiger partial charge is 0.496 e. The van der Waals surface area contributed by atoms with Gasteiger partial charge in [0.05, 0.1) is 23.8 Å². The second kappa shape index (κ2) is 6.80. The van der Waals surface area contributed by atoms with E-state index < -0.39 is 22.7 Å². The van der Waals surface area contributed by atoms with Crippen LogP contribution in [0.15, 0.2) is 35.1 Å². The van der Waals surface area contributed by atoms with Gasteiger partial charge < -0.3 is 4.74 Å². The van der Waals surface area contributed by atoms with Gasteiger partial charge in [-0.1, -0.05) is 12.1 Å². The molecule has 3 aromatic rings. The standard InChI is InChI=1S/C18H16F3N3O2S/c1-9(2)24-15-14(16(25)23-17(24)27)11(18(19,20)21)8-12(22-15)10-6-4-5-7-13(10)26-3/h4-9H,1-3H3,(H,23,25,27). The van der Waals surface area contributed by atoms with Crippen LogP contribution in [0.1, 0.15) is 25.5 Å². The molecule has 0 amide bonds. The molecule has 3 rings (SSSR count). The first-order valence-electron chi connectivity index (χ1n) is 8.05. The summed E-state index contributed by atoms with van der Waals surface area (Å²) in [5.74, 6) is 0.372. The Morgan fingerprint density at radius 2 is 1.93 bits per heavy atom. The van der Waals surface area contributed by atoms with Crippen molar-refractivity contribution in [3.63, 3.8) is 0 Å². The number of benzene rings is 1. The number of pyridine rings is 1. The van der Waals surface area contributed by atoms with Crippen LogP contribution < -0.4 is 10.3 Å². The summed E-state index contributed by atoms with van der Waals surface area (Å²) < 4.78 is 47.9. The van der Waals surface area contributed by atoms with E-state index in [-0.39, 0.29) is 22.2 Å². The average molecular weight is 395 g/mol. The first-order valence-corrected chi connectivity index (χ1v) is 8.46. The molecule has 0 bridgehead atoms. The highest BCUT2D eigenvalue weighted by Crippen LogP contribution is 2.37. The third-order valence-corrected chi connectivity index (χ3v) is 4.40. The maximum absolute atomic E-state index is 13.8. The van der Waals surface area contributed by atoms with Crippen molar-refractivity contribution in [1.29, 1.82) is 0 Å². The van der Waals surface area contributed by atoms with Gasteiger partial charge in [-0.3, -0.25) is 14.3 Å². The number of hydrogen-bond donors (Lipinski definition) is 1. The fourth-order valence-electron chi connectivity index (χ4n) is 2.94. The van der Waals surface area contributed by atoms with Gasteiger partial charge in [-0.2, -0.15) is 13.2 Å². The highest BCUT2D eigenvalue weighted by atomic mass is 32.1. The van der Waals surface area contributed by atoms with Gasteiger partial charge in [0.1, 0.15) is 11.4 Å². The predicted octanol–water partition coefficient (Wildman–Crippen LogP) is 4.73. The number of H-pyrrole nitrogens is 1. The van der Waals surface area contributed by atoms with Gasteiger partial charge in [0.2, 0.25) is 0 Å². The van der Waals surface area contributed by atoms with Crippen molar-refractivity contribution in [1.82, 2.24) is 14.5 Å². The SMILES string of the molecule is COc1ccccc1-c1cc(C(F)(F)F)c2c(=O)[nH]c(=S)n(C(C)C)c2n1. The zero-order chi connectivity index (χ0) is 19.9. The minimum absolute atomic E-state index is 0.0142. The minimum Gasteiger partial charge on any atom is -0.496 e. The lowest BCUT2D eigenvalue weighted by molar-refractivity contribution is -0.136. The number of methoxy groups -OCH3 is 1. The summed E-state index contributed by atoms with van der Waals surface area (Å²) in [4.78, 5) is 19.0. The van der Waals surface area contributed by atoms with Crippen molar-refractivity contribution >= 4 is 23.3 Å². The smallest absolute Gasteiger partial charge is 0.417 e. The highest BCUT2D eigenvalue weighted by molar-refractivity contribution is 7.71. The van der Waals surface area contributed by atoms with Crippen molar-refractivity contribution < 1.29 is 17.9 Å². The summed E-state index contributed by atoms with van der Waals surface area (Å²) in [6.45, 7) is 3.50. The number of para-hydroxylation sites is 1. The molecular weight excluding hydrogens is 379 g/mol. The second-order valence-electron chi connectivity index (χ2n) is 6.17. The van der Waals surface area contributed by atoms with E-state index in [1.807, 2.05) is 0 Å². The molecule has 142 valence electrons. The molecule has 2 heterocycles. The number of ether oxygens (including phenoxy) is 1. The summed E-state index contributed by atoms with van der Waals surface area (Å²) in [6.07, 6.45) is -4.75. The van der Waals surface area contributed by atoms with Gasteiger partial charge in [-0.05, 0) is 44.3 Å². The van der Waals surface area contributed by atoms with E-state index in [2.05, 4.69) is 9.97 Å².